The monoisotopic (exact) mass is 340 g/mol. The number of hydrogen-bond donors (Lipinski definition) is 0. The Hall–Kier alpha value is -2.37. The van der Waals surface area contributed by atoms with Gasteiger partial charge in [-0.1, -0.05) is 13.8 Å². The van der Waals surface area contributed by atoms with Crippen molar-refractivity contribution < 1.29 is 9.53 Å². The predicted octanol–water partition coefficient (Wildman–Crippen LogP) is 3.24. The van der Waals surface area contributed by atoms with Crippen molar-refractivity contribution >= 4 is 11.6 Å². The molecule has 2 aromatic rings. The number of nitrogens with zero attached hydrogens (tertiary/aromatic N) is 4. The van der Waals surface area contributed by atoms with E-state index in [9.17, 15) is 4.79 Å². The summed E-state index contributed by atoms with van der Waals surface area (Å²) in [5.74, 6) is 1.49. The SMILES string of the molecule is CC(C)Cn1ncc(C(=O)N2CC(C)Oc3ncccc32)c1C1CC1. The molecule has 1 fully saturated rings. The van der Waals surface area contributed by atoms with E-state index >= 15 is 0 Å². The fraction of sp³-hybridized carbons (Fsp3) is 0.526. The molecule has 0 aromatic carbocycles. The molecule has 1 atom stereocenters. The summed E-state index contributed by atoms with van der Waals surface area (Å²) in [5, 5.41) is 4.53. The lowest BCUT2D eigenvalue weighted by atomic mass is 10.1. The molecule has 0 radical (unpaired) electrons. The molecule has 2 aliphatic rings. The minimum Gasteiger partial charge on any atom is -0.471 e. The van der Waals surface area contributed by atoms with Crippen molar-refractivity contribution in [2.24, 2.45) is 5.92 Å². The number of rotatable bonds is 4. The second kappa shape index (κ2) is 6.17. The van der Waals surface area contributed by atoms with Crippen LogP contribution in [0.4, 0.5) is 5.69 Å². The van der Waals surface area contributed by atoms with E-state index in [1.165, 1.54) is 0 Å². The molecule has 0 spiro atoms. The van der Waals surface area contributed by atoms with E-state index in [1.54, 1.807) is 17.3 Å². The number of fused-ring (bicyclic) bond motifs is 1. The van der Waals surface area contributed by atoms with Gasteiger partial charge in [0.05, 0.1) is 24.0 Å². The van der Waals surface area contributed by atoms with Crippen LogP contribution in [0.5, 0.6) is 5.88 Å². The Kier molecular flexibility index (Phi) is 3.98. The van der Waals surface area contributed by atoms with E-state index in [-0.39, 0.29) is 12.0 Å². The van der Waals surface area contributed by atoms with E-state index in [4.69, 9.17) is 4.74 Å². The van der Waals surface area contributed by atoms with Crippen LogP contribution in [-0.2, 0) is 6.54 Å². The molecule has 4 rings (SSSR count). The van der Waals surface area contributed by atoms with Crippen LogP contribution in [0.2, 0.25) is 0 Å². The predicted molar refractivity (Wildman–Crippen MR) is 95.0 cm³/mol. The molecule has 1 saturated carbocycles. The summed E-state index contributed by atoms with van der Waals surface area (Å²) in [6.45, 7) is 7.67. The zero-order chi connectivity index (χ0) is 17.6. The van der Waals surface area contributed by atoms with Gasteiger partial charge >= 0.3 is 0 Å². The third-order valence-electron chi connectivity index (χ3n) is 4.65. The number of carbonyl (C=O) groups is 1. The van der Waals surface area contributed by atoms with Gasteiger partial charge in [0.1, 0.15) is 11.8 Å². The van der Waals surface area contributed by atoms with E-state index in [1.807, 2.05) is 23.7 Å². The second-order valence-electron chi connectivity index (χ2n) is 7.47. The van der Waals surface area contributed by atoms with E-state index in [0.29, 0.717) is 24.3 Å². The van der Waals surface area contributed by atoms with Crippen LogP contribution < -0.4 is 9.64 Å². The molecule has 6 nitrogen and oxygen atoms in total. The maximum atomic E-state index is 13.3. The first-order valence-corrected chi connectivity index (χ1v) is 9.03. The zero-order valence-corrected chi connectivity index (χ0v) is 15.0. The quantitative estimate of drug-likeness (QED) is 0.857. The average Bonchev–Trinajstić information content (AvgIpc) is 3.34. The molecule has 6 heteroatoms. The van der Waals surface area contributed by atoms with Gasteiger partial charge in [-0.2, -0.15) is 5.10 Å². The van der Waals surface area contributed by atoms with Crippen molar-refractivity contribution in [1.29, 1.82) is 0 Å². The Morgan fingerprint density at radius 3 is 2.92 bits per heavy atom. The molecule has 132 valence electrons. The molecule has 25 heavy (non-hydrogen) atoms. The summed E-state index contributed by atoms with van der Waals surface area (Å²) in [6, 6.07) is 3.73. The van der Waals surface area contributed by atoms with Crippen molar-refractivity contribution in [1.82, 2.24) is 14.8 Å². The number of aromatic nitrogens is 3. The van der Waals surface area contributed by atoms with Gasteiger partial charge in [0.2, 0.25) is 5.88 Å². The molecule has 0 saturated heterocycles. The van der Waals surface area contributed by atoms with Crippen molar-refractivity contribution in [3.8, 4) is 5.88 Å². The molecule has 0 N–H and O–H groups in total. The normalized spacial score (nSPS) is 19.7. The fourth-order valence-electron chi connectivity index (χ4n) is 3.44. The first kappa shape index (κ1) is 16.1. The number of carbonyl (C=O) groups excluding carboxylic acids is 1. The van der Waals surface area contributed by atoms with Gasteiger partial charge < -0.3 is 4.74 Å². The van der Waals surface area contributed by atoms with Gasteiger partial charge in [-0.15, -0.1) is 0 Å². The molecular weight excluding hydrogens is 316 g/mol. The minimum atomic E-state index is -0.0820. The summed E-state index contributed by atoms with van der Waals surface area (Å²) in [5.41, 5.74) is 2.57. The molecular formula is C19H24N4O2. The third kappa shape index (κ3) is 3.01. The maximum Gasteiger partial charge on any atom is 0.262 e. The average molecular weight is 340 g/mol. The largest absolute Gasteiger partial charge is 0.471 e. The molecule has 1 aliphatic carbocycles. The van der Waals surface area contributed by atoms with Gasteiger partial charge in [-0.05, 0) is 37.8 Å². The van der Waals surface area contributed by atoms with Crippen LogP contribution >= 0.6 is 0 Å². The van der Waals surface area contributed by atoms with Crippen LogP contribution in [0, 0.1) is 5.92 Å². The van der Waals surface area contributed by atoms with Gasteiger partial charge in [-0.25, -0.2) is 4.98 Å². The van der Waals surface area contributed by atoms with E-state index < -0.39 is 0 Å². The number of hydrogen-bond acceptors (Lipinski definition) is 4. The van der Waals surface area contributed by atoms with E-state index in [2.05, 4.69) is 23.9 Å². The second-order valence-corrected chi connectivity index (χ2v) is 7.47. The van der Waals surface area contributed by atoms with Crippen molar-refractivity contribution in [3.05, 3.63) is 35.8 Å². The minimum absolute atomic E-state index is 0.00121. The van der Waals surface area contributed by atoms with Gasteiger partial charge in [0, 0.05) is 18.7 Å². The lowest BCUT2D eigenvalue weighted by Gasteiger charge is -2.32. The highest BCUT2D eigenvalue weighted by molar-refractivity contribution is 6.07. The number of anilines is 1. The number of pyridine rings is 1. The van der Waals surface area contributed by atoms with Gasteiger partial charge in [0.25, 0.3) is 5.91 Å². The molecule has 1 aliphatic heterocycles. The Labute approximate surface area is 147 Å². The lowest BCUT2D eigenvalue weighted by Crippen LogP contribution is -2.42. The molecule has 2 aromatic heterocycles. The third-order valence-corrected chi connectivity index (χ3v) is 4.65. The summed E-state index contributed by atoms with van der Waals surface area (Å²) in [4.78, 5) is 19.4. The highest BCUT2D eigenvalue weighted by Crippen LogP contribution is 2.43. The highest BCUT2D eigenvalue weighted by atomic mass is 16.5. The van der Waals surface area contributed by atoms with Crippen LogP contribution in [0.1, 0.15) is 55.6 Å². The summed E-state index contributed by atoms with van der Waals surface area (Å²) >= 11 is 0. The summed E-state index contributed by atoms with van der Waals surface area (Å²) in [7, 11) is 0. The van der Waals surface area contributed by atoms with E-state index in [0.717, 1.165) is 36.3 Å². The van der Waals surface area contributed by atoms with Crippen molar-refractivity contribution in [3.63, 3.8) is 0 Å². The molecule has 1 unspecified atom stereocenters. The number of amides is 1. The van der Waals surface area contributed by atoms with Crippen molar-refractivity contribution in [2.75, 3.05) is 11.4 Å². The number of ether oxygens (including phenoxy) is 1. The Morgan fingerprint density at radius 2 is 2.20 bits per heavy atom. The van der Waals surface area contributed by atoms with Crippen LogP contribution in [0.3, 0.4) is 0 Å². The standard InChI is InChI=1S/C19H24N4O2/c1-12(2)10-23-17(14-6-7-14)15(9-21-23)19(24)22-11-13(3)25-18-16(22)5-4-8-20-18/h4-5,8-9,12-14H,6-7,10-11H2,1-3H3. The van der Waals surface area contributed by atoms with Crippen LogP contribution in [0.25, 0.3) is 0 Å². The molecule has 3 heterocycles. The topological polar surface area (TPSA) is 60.2 Å². The highest BCUT2D eigenvalue weighted by Gasteiger charge is 2.36. The van der Waals surface area contributed by atoms with Crippen LogP contribution in [0.15, 0.2) is 24.5 Å². The van der Waals surface area contributed by atoms with Gasteiger partial charge in [-0.3, -0.25) is 14.4 Å². The summed E-state index contributed by atoms with van der Waals surface area (Å²) in [6.07, 6.45) is 5.63. The Morgan fingerprint density at radius 1 is 1.40 bits per heavy atom. The lowest BCUT2D eigenvalue weighted by molar-refractivity contribution is 0.0957. The smallest absolute Gasteiger partial charge is 0.262 e. The molecule has 1 amide bonds. The maximum absolute atomic E-state index is 13.3. The Balaban J connectivity index is 1.71. The first-order chi connectivity index (χ1) is 12.0. The summed E-state index contributed by atoms with van der Waals surface area (Å²) < 4.78 is 7.80. The first-order valence-electron chi connectivity index (χ1n) is 9.03. The zero-order valence-electron chi connectivity index (χ0n) is 15.0. The Bertz CT molecular complexity index is 794. The fourth-order valence-corrected chi connectivity index (χ4v) is 3.44. The van der Waals surface area contributed by atoms with Crippen LogP contribution in [-0.4, -0.2) is 33.3 Å². The van der Waals surface area contributed by atoms with Crippen molar-refractivity contribution in [2.45, 2.75) is 52.2 Å². The molecule has 0 bridgehead atoms. The van der Waals surface area contributed by atoms with Gasteiger partial charge in [0.15, 0.2) is 0 Å².